The fourth-order valence-corrected chi connectivity index (χ4v) is 1.88. The molecule has 80 valence electrons. The average Bonchev–Trinajstić information content (AvgIpc) is 2.20. The van der Waals surface area contributed by atoms with E-state index < -0.39 is 11.8 Å². The molecule has 0 heterocycles. The van der Waals surface area contributed by atoms with Crippen LogP contribution < -0.4 is 10.6 Å². The number of carbonyl (C=O) groups is 2. The van der Waals surface area contributed by atoms with Gasteiger partial charge in [-0.2, -0.15) is 0 Å². The molecule has 1 aliphatic rings. The molecule has 0 aromatic carbocycles. The van der Waals surface area contributed by atoms with Gasteiger partial charge >= 0.3 is 11.8 Å². The summed E-state index contributed by atoms with van der Waals surface area (Å²) in [5.74, 6) is -0.577. The van der Waals surface area contributed by atoms with E-state index in [9.17, 15) is 9.59 Å². The van der Waals surface area contributed by atoms with Crippen LogP contribution in [0.4, 0.5) is 0 Å². The third-order valence-electron chi connectivity index (χ3n) is 2.86. The van der Waals surface area contributed by atoms with E-state index in [0.29, 0.717) is 5.92 Å². The van der Waals surface area contributed by atoms with Crippen molar-refractivity contribution < 1.29 is 9.59 Å². The number of amides is 2. The Morgan fingerprint density at radius 2 is 1.79 bits per heavy atom. The highest BCUT2D eigenvalue weighted by molar-refractivity contribution is 6.35. The fourth-order valence-electron chi connectivity index (χ4n) is 1.88. The molecule has 0 saturated heterocycles. The molecule has 14 heavy (non-hydrogen) atoms. The van der Waals surface area contributed by atoms with Gasteiger partial charge in [0.2, 0.25) is 0 Å². The smallest absolute Gasteiger partial charge is 0.309 e. The molecule has 0 radical (unpaired) electrons. The Balaban J connectivity index is 2.42. The monoisotopic (exact) mass is 198 g/mol. The second kappa shape index (κ2) is 4.98. The Morgan fingerprint density at radius 3 is 2.36 bits per heavy atom. The van der Waals surface area contributed by atoms with E-state index >= 15 is 0 Å². The van der Waals surface area contributed by atoms with E-state index in [1.807, 2.05) is 0 Å². The van der Waals surface area contributed by atoms with Gasteiger partial charge in [-0.25, -0.2) is 0 Å². The Morgan fingerprint density at radius 1 is 1.14 bits per heavy atom. The summed E-state index contributed by atoms with van der Waals surface area (Å²) >= 11 is 0. The number of hydrogen-bond acceptors (Lipinski definition) is 2. The minimum atomic E-state index is -0.553. The number of carbonyl (C=O) groups excluding carboxylic acids is 2. The normalized spacial score (nSPS) is 26.7. The third kappa shape index (κ3) is 2.72. The second-order valence-electron chi connectivity index (χ2n) is 3.92. The van der Waals surface area contributed by atoms with E-state index in [2.05, 4.69) is 17.6 Å². The van der Waals surface area contributed by atoms with Crippen LogP contribution in [0.25, 0.3) is 0 Å². The maximum atomic E-state index is 11.3. The summed E-state index contributed by atoms with van der Waals surface area (Å²) in [4.78, 5) is 22.2. The van der Waals surface area contributed by atoms with E-state index in [-0.39, 0.29) is 6.04 Å². The van der Waals surface area contributed by atoms with Gasteiger partial charge in [0.05, 0.1) is 0 Å². The van der Waals surface area contributed by atoms with Crippen LogP contribution >= 0.6 is 0 Å². The fraction of sp³-hybridized carbons (Fsp3) is 0.800. The molecule has 1 saturated carbocycles. The minimum Gasteiger partial charge on any atom is -0.351 e. The van der Waals surface area contributed by atoms with Crippen LogP contribution in [0, 0.1) is 5.92 Å². The van der Waals surface area contributed by atoms with Crippen LogP contribution in [0.5, 0.6) is 0 Å². The van der Waals surface area contributed by atoms with Gasteiger partial charge in [0.1, 0.15) is 0 Å². The van der Waals surface area contributed by atoms with Crippen molar-refractivity contribution in [3.05, 3.63) is 0 Å². The maximum Gasteiger partial charge on any atom is 0.309 e. The first-order valence-corrected chi connectivity index (χ1v) is 5.17. The molecule has 1 fully saturated rings. The van der Waals surface area contributed by atoms with E-state index in [4.69, 9.17) is 0 Å². The first-order valence-electron chi connectivity index (χ1n) is 5.17. The van der Waals surface area contributed by atoms with Gasteiger partial charge in [-0.05, 0) is 18.8 Å². The molecule has 4 nitrogen and oxygen atoms in total. The van der Waals surface area contributed by atoms with Crippen molar-refractivity contribution in [2.45, 2.75) is 38.6 Å². The summed E-state index contributed by atoms with van der Waals surface area (Å²) in [5, 5.41) is 5.09. The number of hydrogen-bond donors (Lipinski definition) is 2. The molecule has 0 spiro atoms. The summed E-state index contributed by atoms with van der Waals surface area (Å²) in [7, 11) is 1.46. The second-order valence-corrected chi connectivity index (χ2v) is 3.92. The van der Waals surface area contributed by atoms with E-state index in [0.717, 1.165) is 19.3 Å². The number of rotatable bonds is 1. The Bertz CT molecular complexity index is 228. The average molecular weight is 198 g/mol. The SMILES string of the molecule is CNC(=O)C(=O)N[C@H]1CCCC[C@H]1C. The van der Waals surface area contributed by atoms with Crippen LogP contribution in [-0.2, 0) is 9.59 Å². The van der Waals surface area contributed by atoms with Crippen molar-refractivity contribution in [2.24, 2.45) is 5.92 Å². The van der Waals surface area contributed by atoms with Gasteiger partial charge < -0.3 is 10.6 Å². The molecule has 2 amide bonds. The molecular weight excluding hydrogens is 180 g/mol. The van der Waals surface area contributed by atoms with Crippen molar-refractivity contribution in [1.29, 1.82) is 0 Å². The Labute approximate surface area is 84.4 Å². The van der Waals surface area contributed by atoms with Crippen LogP contribution in [0.1, 0.15) is 32.6 Å². The molecule has 0 aromatic rings. The van der Waals surface area contributed by atoms with Crippen molar-refractivity contribution in [3.63, 3.8) is 0 Å². The Hall–Kier alpha value is -1.06. The molecule has 4 heteroatoms. The zero-order valence-electron chi connectivity index (χ0n) is 8.80. The summed E-state index contributed by atoms with van der Waals surface area (Å²) < 4.78 is 0. The molecule has 1 rings (SSSR count). The minimum absolute atomic E-state index is 0.175. The highest BCUT2D eigenvalue weighted by Crippen LogP contribution is 2.23. The summed E-state index contributed by atoms with van der Waals surface area (Å²) in [6, 6.07) is 0.175. The lowest BCUT2D eigenvalue weighted by atomic mass is 9.86. The van der Waals surface area contributed by atoms with E-state index in [1.54, 1.807) is 0 Å². The molecule has 0 aliphatic heterocycles. The molecule has 0 unspecified atom stereocenters. The predicted octanol–water partition coefficient (Wildman–Crippen LogP) is 0.427. The van der Waals surface area contributed by atoms with Crippen molar-refractivity contribution >= 4 is 11.8 Å². The molecular formula is C10H18N2O2. The largest absolute Gasteiger partial charge is 0.351 e. The molecule has 0 aromatic heterocycles. The van der Waals surface area contributed by atoms with Crippen molar-refractivity contribution in [1.82, 2.24) is 10.6 Å². The molecule has 1 aliphatic carbocycles. The van der Waals surface area contributed by atoms with Crippen molar-refractivity contribution in [2.75, 3.05) is 7.05 Å². The van der Waals surface area contributed by atoms with Gasteiger partial charge in [-0.1, -0.05) is 19.8 Å². The standard InChI is InChI=1S/C10H18N2O2/c1-7-5-3-4-6-8(7)12-10(14)9(13)11-2/h7-8H,3-6H2,1-2H3,(H,11,13)(H,12,14)/t7-,8+/m1/s1. The third-order valence-corrected chi connectivity index (χ3v) is 2.86. The maximum absolute atomic E-state index is 11.3. The van der Waals surface area contributed by atoms with Crippen LogP contribution in [0.2, 0.25) is 0 Å². The first-order chi connectivity index (χ1) is 6.65. The van der Waals surface area contributed by atoms with Crippen LogP contribution in [-0.4, -0.2) is 24.9 Å². The van der Waals surface area contributed by atoms with Crippen LogP contribution in [0.15, 0.2) is 0 Å². The van der Waals surface area contributed by atoms with Gasteiger partial charge in [-0.3, -0.25) is 9.59 Å². The van der Waals surface area contributed by atoms with Gasteiger partial charge in [-0.15, -0.1) is 0 Å². The lowest BCUT2D eigenvalue weighted by Gasteiger charge is -2.29. The number of nitrogens with one attached hydrogen (secondary N) is 2. The zero-order chi connectivity index (χ0) is 10.6. The zero-order valence-corrected chi connectivity index (χ0v) is 8.80. The molecule has 2 N–H and O–H groups in total. The lowest BCUT2D eigenvalue weighted by Crippen LogP contribution is -2.47. The lowest BCUT2D eigenvalue weighted by molar-refractivity contribution is -0.139. The molecule has 2 atom stereocenters. The van der Waals surface area contributed by atoms with Gasteiger partial charge in [0.25, 0.3) is 0 Å². The first kappa shape index (κ1) is 11.0. The van der Waals surface area contributed by atoms with Gasteiger partial charge in [0, 0.05) is 13.1 Å². The van der Waals surface area contributed by atoms with Gasteiger partial charge in [0.15, 0.2) is 0 Å². The van der Waals surface area contributed by atoms with Crippen LogP contribution in [0.3, 0.4) is 0 Å². The Kier molecular flexibility index (Phi) is 3.92. The van der Waals surface area contributed by atoms with Crippen molar-refractivity contribution in [3.8, 4) is 0 Å². The predicted molar refractivity (Wildman–Crippen MR) is 53.6 cm³/mol. The van der Waals surface area contributed by atoms with E-state index in [1.165, 1.54) is 13.5 Å². The molecule has 0 bridgehead atoms. The highest BCUT2D eigenvalue weighted by Gasteiger charge is 2.24. The topological polar surface area (TPSA) is 58.2 Å². The summed E-state index contributed by atoms with van der Waals surface area (Å²) in [6.07, 6.45) is 4.50. The summed E-state index contributed by atoms with van der Waals surface area (Å²) in [6.45, 7) is 2.12. The summed E-state index contributed by atoms with van der Waals surface area (Å²) in [5.41, 5.74) is 0. The number of likely N-dealkylation sites (N-methyl/N-ethyl adjacent to an activating group) is 1. The highest BCUT2D eigenvalue weighted by atomic mass is 16.2. The quantitative estimate of drug-likeness (QED) is 0.600.